The van der Waals surface area contributed by atoms with Gasteiger partial charge in [-0.25, -0.2) is 4.79 Å². The van der Waals surface area contributed by atoms with Crippen molar-refractivity contribution < 1.29 is 19.1 Å². The maximum atomic E-state index is 12.7. The summed E-state index contributed by atoms with van der Waals surface area (Å²) in [5.74, 6) is -0.912. The average Bonchev–Trinajstić information content (AvgIpc) is 2.92. The molecule has 1 aromatic carbocycles. The number of ether oxygens (including phenoxy) is 1. The van der Waals surface area contributed by atoms with Crippen molar-refractivity contribution >= 4 is 17.7 Å². The quantitative estimate of drug-likeness (QED) is 0.638. The Bertz CT molecular complexity index is 851. The zero-order chi connectivity index (χ0) is 19.4. The molecule has 0 radical (unpaired) electrons. The summed E-state index contributed by atoms with van der Waals surface area (Å²) in [7, 11) is 2.99. The van der Waals surface area contributed by atoms with Gasteiger partial charge in [-0.1, -0.05) is 24.3 Å². The van der Waals surface area contributed by atoms with E-state index in [0.29, 0.717) is 23.5 Å². The van der Waals surface area contributed by atoms with E-state index >= 15 is 0 Å². The molecule has 0 aliphatic heterocycles. The predicted octanol–water partition coefficient (Wildman–Crippen LogP) is 2.82. The molecule has 1 aromatic heterocycles. The highest BCUT2D eigenvalue weighted by molar-refractivity contribution is 6.01. The van der Waals surface area contributed by atoms with Crippen LogP contribution in [0.4, 0.5) is 0 Å². The van der Waals surface area contributed by atoms with Gasteiger partial charge in [0.05, 0.1) is 24.8 Å². The summed E-state index contributed by atoms with van der Waals surface area (Å²) in [4.78, 5) is 41.0. The molecule has 26 heavy (non-hydrogen) atoms. The number of likely N-dealkylation sites (N-methyl/N-ethyl adjacent to an activating group) is 1. The summed E-state index contributed by atoms with van der Waals surface area (Å²) in [5, 5.41) is 0. The lowest BCUT2D eigenvalue weighted by molar-refractivity contribution is -0.129. The van der Waals surface area contributed by atoms with Crippen molar-refractivity contribution in [3.63, 3.8) is 0 Å². The molecule has 0 aliphatic carbocycles. The average molecular weight is 356 g/mol. The maximum Gasteiger partial charge on any atom is 0.339 e. The van der Waals surface area contributed by atoms with E-state index in [0.717, 1.165) is 11.1 Å². The van der Waals surface area contributed by atoms with Crippen molar-refractivity contribution in [2.75, 3.05) is 14.2 Å². The minimum Gasteiger partial charge on any atom is -0.465 e. The molecule has 1 N–H and O–H groups in total. The van der Waals surface area contributed by atoms with Crippen molar-refractivity contribution in [2.45, 2.75) is 33.7 Å². The number of nitrogens with one attached hydrogen (secondary N) is 1. The van der Waals surface area contributed by atoms with Crippen LogP contribution in [0.1, 0.15) is 50.2 Å². The van der Waals surface area contributed by atoms with Crippen molar-refractivity contribution in [3.05, 3.63) is 57.9 Å². The number of ketones is 1. The summed E-state index contributed by atoms with van der Waals surface area (Å²) in [6.07, 6.45) is -0.0130. The Morgan fingerprint density at radius 2 is 1.81 bits per heavy atom. The number of esters is 1. The summed E-state index contributed by atoms with van der Waals surface area (Å²) in [6.45, 7) is 5.55. The largest absolute Gasteiger partial charge is 0.465 e. The number of aromatic amines is 1. The van der Waals surface area contributed by atoms with Gasteiger partial charge in [0.2, 0.25) is 5.91 Å². The third-order valence-corrected chi connectivity index (χ3v) is 4.49. The molecule has 1 heterocycles. The smallest absolute Gasteiger partial charge is 0.339 e. The fourth-order valence-corrected chi connectivity index (χ4v) is 2.94. The van der Waals surface area contributed by atoms with E-state index < -0.39 is 5.97 Å². The van der Waals surface area contributed by atoms with E-state index in [1.807, 2.05) is 31.2 Å². The Hall–Kier alpha value is -2.89. The standard InChI is InChI=1S/C20H24N2O4/c1-12-8-6-7-9-15(12)11-22(4)17(24)10-16-18(20(25)26-5)13(2)19(21-16)14(3)23/h6-9,21H,10-11H2,1-5H3. The van der Waals surface area contributed by atoms with E-state index in [1.54, 1.807) is 18.9 Å². The third-order valence-electron chi connectivity index (χ3n) is 4.49. The fraction of sp³-hybridized carbons (Fsp3) is 0.350. The number of amides is 1. The van der Waals surface area contributed by atoms with Crippen LogP contribution < -0.4 is 0 Å². The van der Waals surface area contributed by atoms with Crippen LogP contribution in [-0.2, 0) is 22.5 Å². The van der Waals surface area contributed by atoms with Gasteiger partial charge in [-0.05, 0) is 30.5 Å². The first-order chi connectivity index (χ1) is 12.3. The number of benzene rings is 1. The highest BCUT2D eigenvalue weighted by atomic mass is 16.5. The molecule has 0 atom stereocenters. The first-order valence-corrected chi connectivity index (χ1v) is 8.35. The molecule has 0 aliphatic rings. The van der Waals surface area contributed by atoms with Crippen LogP contribution in [-0.4, -0.2) is 41.7 Å². The Morgan fingerprint density at radius 3 is 2.38 bits per heavy atom. The molecule has 6 nitrogen and oxygen atoms in total. The van der Waals surface area contributed by atoms with E-state index in [4.69, 9.17) is 4.74 Å². The zero-order valence-corrected chi connectivity index (χ0v) is 15.8. The van der Waals surface area contributed by atoms with Gasteiger partial charge in [0, 0.05) is 26.2 Å². The van der Waals surface area contributed by atoms with Crippen molar-refractivity contribution in [1.82, 2.24) is 9.88 Å². The van der Waals surface area contributed by atoms with Crippen molar-refractivity contribution in [1.29, 1.82) is 0 Å². The molecule has 1 amide bonds. The van der Waals surface area contributed by atoms with Crippen LogP contribution in [0.3, 0.4) is 0 Å². The Morgan fingerprint density at radius 1 is 1.15 bits per heavy atom. The van der Waals surface area contributed by atoms with Gasteiger partial charge >= 0.3 is 5.97 Å². The normalized spacial score (nSPS) is 10.5. The van der Waals surface area contributed by atoms with Gasteiger partial charge in [-0.2, -0.15) is 0 Å². The summed E-state index contributed by atoms with van der Waals surface area (Å²) in [5.41, 5.74) is 3.67. The first-order valence-electron chi connectivity index (χ1n) is 8.35. The van der Waals surface area contributed by atoms with Crippen LogP contribution in [0.5, 0.6) is 0 Å². The number of Topliss-reactive ketones (excluding diaryl/α,β-unsaturated/α-hetero) is 1. The van der Waals surface area contributed by atoms with Crippen LogP contribution in [0.25, 0.3) is 0 Å². The third kappa shape index (κ3) is 4.02. The number of hydrogen-bond acceptors (Lipinski definition) is 4. The molecule has 138 valence electrons. The number of methoxy groups -OCH3 is 1. The summed E-state index contributed by atoms with van der Waals surface area (Å²) >= 11 is 0. The van der Waals surface area contributed by atoms with E-state index in [2.05, 4.69) is 4.98 Å². The molecular formula is C20H24N2O4. The first kappa shape index (κ1) is 19.4. The number of aromatic nitrogens is 1. The van der Waals surface area contributed by atoms with Crippen LogP contribution in [0.15, 0.2) is 24.3 Å². The van der Waals surface area contributed by atoms with Crippen LogP contribution in [0.2, 0.25) is 0 Å². The van der Waals surface area contributed by atoms with Crippen molar-refractivity contribution in [3.8, 4) is 0 Å². The number of hydrogen-bond donors (Lipinski definition) is 1. The number of rotatable bonds is 6. The van der Waals surface area contributed by atoms with Gasteiger partial charge in [0.25, 0.3) is 0 Å². The van der Waals surface area contributed by atoms with Gasteiger partial charge in [0.1, 0.15) is 0 Å². The van der Waals surface area contributed by atoms with Crippen molar-refractivity contribution in [2.24, 2.45) is 0 Å². The minimum atomic E-state index is -0.560. The Labute approximate surface area is 153 Å². The molecule has 2 rings (SSSR count). The SMILES string of the molecule is COC(=O)c1c(CC(=O)N(C)Cc2ccccc2C)[nH]c(C(C)=O)c1C. The molecular weight excluding hydrogens is 332 g/mol. The van der Waals surface area contributed by atoms with Gasteiger partial charge in [-0.3, -0.25) is 9.59 Å². The zero-order valence-electron chi connectivity index (χ0n) is 15.8. The highest BCUT2D eigenvalue weighted by Gasteiger charge is 2.25. The molecule has 6 heteroatoms. The molecule has 2 aromatic rings. The molecule has 0 spiro atoms. The molecule has 0 saturated carbocycles. The van der Waals surface area contributed by atoms with E-state index in [1.165, 1.54) is 14.0 Å². The van der Waals surface area contributed by atoms with Crippen LogP contribution in [0, 0.1) is 13.8 Å². The second-order valence-corrected chi connectivity index (χ2v) is 6.38. The lowest BCUT2D eigenvalue weighted by Gasteiger charge is -2.18. The lowest BCUT2D eigenvalue weighted by Crippen LogP contribution is -2.28. The monoisotopic (exact) mass is 356 g/mol. The summed E-state index contributed by atoms with van der Waals surface area (Å²) in [6, 6.07) is 7.86. The highest BCUT2D eigenvalue weighted by Crippen LogP contribution is 2.21. The molecule has 0 unspecified atom stereocenters. The second kappa shape index (κ2) is 7.99. The Balaban J connectivity index is 2.25. The molecule has 0 saturated heterocycles. The molecule has 0 fully saturated rings. The van der Waals surface area contributed by atoms with Gasteiger partial charge in [-0.15, -0.1) is 0 Å². The lowest BCUT2D eigenvalue weighted by atomic mass is 10.1. The molecule has 0 bridgehead atoms. The van der Waals surface area contributed by atoms with Gasteiger partial charge in [0.15, 0.2) is 5.78 Å². The van der Waals surface area contributed by atoms with E-state index in [9.17, 15) is 14.4 Å². The number of carbonyl (C=O) groups is 3. The number of H-pyrrole nitrogens is 1. The maximum absolute atomic E-state index is 12.7. The predicted molar refractivity (Wildman–Crippen MR) is 98.2 cm³/mol. The number of carbonyl (C=O) groups excluding carboxylic acids is 3. The van der Waals surface area contributed by atoms with Crippen LogP contribution >= 0.6 is 0 Å². The van der Waals surface area contributed by atoms with E-state index in [-0.39, 0.29) is 23.7 Å². The topological polar surface area (TPSA) is 79.5 Å². The fourth-order valence-electron chi connectivity index (χ4n) is 2.94. The second-order valence-electron chi connectivity index (χ2n) is 6.38. The van der Waals surface area contributed by atoms with Gasteiger partial charge < -0.3 is 14.6 Å². The minimum absolute atomic E-state index is 0.0130. The number of nitrogens with zero attached hydrogens (tertiary/aromatic N) is 1. The Kier molecular flexibility index (Phi) is 5.97. The number of aryl methyl sites for hydroxylation is 1. The summed E-state index contributed by atoms with van der Waals surface area (Å²) < 4.78 is 4.81.